The minimum Gasteiger partial charge on any atom is -0.480 e. The number of Topliss-reactive ketones (excluding diaryl/α,β-unsaturated/α-hetero) is 1. The summed E-state index contributed by atoms with van der Waals surface area (Å²) < 4.78 is 0. The molecule has 2 atom stereocenters. The fourth-order valence-electron chi connectivity index (χ4n) is 2.54. The lowest BCUT2D eigenvalue weighted by atomic mass is 10.0. The molecular formula is C21H35NO6. The Balaban J connectivity index is 3.71. The molecule has 0 aromatic heterocycles. The Morgan fingerprint density at radius 3 is 2.25 bits per heavy atom. The van der Waals surface area contributed by atoms with Crippen LogP contribution in [-0.2, 0) is 14.4 Å². The number of aliphatic hydroxyl groups is 2. The van der Waals surface area contributed by atoms with E-state index in [0.29, 0.717) is 12.8 Å². The predicted octanol–water partition coefficient (Wildman–Crippen LogP) is 2.51. The van der Waals surface area contributed by atoms with Crippen LogP contribution in [-0.4, -0.2) is 51.7 Å². The van der Waals surface area contributed by atoms with Crippen molar-refractivity contribution in [2.45, 2.75) is 83.3 Å². The Hall–Kier alpha value is -1.99. The Morgan fingerprint density at radius 2 is 1.61 bits per heavy atom. The fraction of sp³-hybridized carbons (Fsp3) is 0.667. The van der Waals surface area contributed by atoms with Crippen LogP contribution in [0.25, 0.3) is 0 Å². The van der Waals surface area contributed by atoms with Gasteiger partial charge < -0.3 is 20.6 Å². The zero-order chi connectivity index (χ0) is 21.2. The number of amides is 1. The van der Waals surface area contributed by atoms with Gasteiger partial charge in [0.15, 0.2) is 5.78 Å². The van der Waals surface area contributed by atoms with Crippen molar-refractivity contribution >= 4 is 17.7 Å². The molecule has 0 bridgehead atoms. The summed E-state index contributed by atoms with van der Waals surface area (Å²) in [5.74, 6) is -1.81. The second-order valence-corrected chi connectivity index (χ2v) is 6.72. The van der Waals surface area contributed by atoms with Crippen molar-refractivity contribution in [3.63, 3.8) is 0 Å². The Kier molecular flexibility index (Phi) is 15.9. The monoisotopic (exact) mass is 397 g/mol. The Bertz CT molecular complexity index is 515. The largest absolute Gasteiger partial charge is 0.480 e. The highest BCUT2D eigenvalue weighted by Crippen LogP contribution is 2.10. The highest BCUT2D eigenvalue weighted by Gasteiger charge is 2.18. The lowest BCUT2D eigenvalue weighted by Gasteiger charge is -2.11. The molecule has 0 aliphatic carbocycles. The van der Waals surface area contributed by atoms with Gasteiger partial charge in [0.1, 0.15) is 12.1 Å². The van der Waals surface area contributed by atoms with E-state index in [2.05, 4.69) is 18.3 Å². The van der Waals surface area contributed by atoms with Gasteiger partial charge in [-0.3, -0.25) is 9.59 Å². The van der Waals surface area contributed by atoms with E-state index in [9.17, 15) is 19.5 Å². The first kappa shape index (κ1) is 26.0. The number of nitrogens with one attached hydrogen (secondary N) is 1. The second kappa shape index (κ2) is 17.1. The molecule has 0 spiro atoms. The van der Waals surface area contributed by atoms with Gasteiger partial charge in [-0.25, -0.2) is 4.79 Å². The summed E-state index contributed by atoms with van der Waals surface area (Å²) in [5.41, 5.74) is 0. The molecule has 0 aromatic rings. The Labute approximate surface area is 167 Å². The molecule has 4 N–H and O–H groups in total. The number of hydrogen-bond donors (Lipinski definition) is 4. The first-order valence-corrected chi connectivity index (χ1v) is 10.1. The number of ketones is 1. The van der Waals surface area contributed by atoms with Crippen molar-refractivity contribution < 1.29 is 29.7 Å². The minimum atomic E-state index is -1.26. The number of unbranched alkanes of at least 4 members (excludes halogenated alkanes) is 4. The third kappa shape index (κ3) is 14.1. The van der Waals surface area contributed by atoms with Gasteiger partial charge in [0.2, 0.25) is 5.91 Å². The first-order chi connectivity index (χ1) is 13.4. The molecule has 0 aliphatic heterocycles. The minimum absolute atomic E-state index is 0.163. The summed E-state index contributed by atoms with van der Waals surface area (Å²) in [4.78, 5) is 34.1. The SMILES string of the molecule is CC/C=C\C/C=C\CC(=O)C(O)CCCCCCCC(=O)N[C@@H](CO)C(=O)O. The average Bonchev–Trinajstić information content (AvgIpc) is 2.67. The number of carbonyl (C=O) groups excluding carboxylic acids is 2. The molecule has 0 aliphatic rings. The lowest BCUT2D eigenvalue weighted by molar-refractivity contribution is -0.143. The van der Waals surface area contributed by atoms with Gasteiger partial charge in [0.25, 0.3) is 0 Å². The maximum absolute atomic E-state index is 11.8. The lowest BCUT2D eigenvalue weighted by Crippen LogP contribution is -2.43. The van der Waals surface area contributed by atoms with Crippen LogP contribution in [0.3, 0.4) is 0 Å². The summed E-state index contributed by atoms with van der Waals surface area (Å²) in [6.07, 6.45) is 13.5. The zero-order valence-corrected chi connectivity index (χ0v) is 16.8. The molecule has 0 aromatic carbocycles. The van der Waals surface area contributed by atoms with E-state index in [1.807, 2.05) is 12.2 Å². The van der Waals surface area contributed by atoms with Crippen molar-refractivity contribution in [3.8, 4) is 0 Å². The number of allylic oxidation sites excluding steroid dienone is 4. The molecule has 0 saturated heterocycles. The van der Waals surface area contributed by atoms with E-state index in [1.54, 1.807) is 6.08 Å². The van der Waals surface area contributed by atoms with Gasteiger partial charge in [0, 0.05) is 12.8 Å². The molecule has 28 heavy (non-hydrogen) atoms. The predicted molar refractivity (Wildman–Crippen MR) is 108 cm³/mol. The van der Waals surface area contributed by atoms with E-state index < -0.39 is 24.7 Å². The number of aliphatic hydroxyl groups excluding tert-OH is 2. The molecule has 0 rings (SSSR count). The summed E-state index contributed by atoms with van der Waals surface area (Å²) in [5, 5.41) is 29.7. The number of hydrogen-bond acceptors (Lipinski definition) is 5. The molecule has 0 radical (unpaired) electrons. The van der Waals surface area contributed by atoms with Crippen LogP contribution in [0, 0.1) is 0 Å². The number of aliphatic carboxylic acids is 1. The van der Waals surface area contributed by atoms with Gasteiger partial charge in [-0.05, 0) is 25.7 Å². The standard InChI is InChI=1S/C21H35NO6/c1-2-3-4-5-7-10-13-18(24)19(25)14-11-8-6-9-12-15-20(26)22-17(16-23)21(27)28/h3-4,7,10,17,19,23,25H,2,5-6,8-9,11-16H2,1H3,(H,22,26)(H,27,28)/b4-3-,10-7-/t17-,19?/m0/s1. The molecule has 1 amide bonds. The maximum Gasteiger partial charge on any atom is 0.328 e. The summed E-state index contributed by atoms with van der Waals surface area (Å²) in [6, 6.07) is -1.26. The maximum atomic E-state index is 11.8. The highest BCUT2D eigenvalue weighted by molar-refractivity contribution is 5.84. The molecule has 7 nitrogen and oxygen atoms in total. The normalized spacial score (nSPS) is 13.7. The average molecular weight is 398 g/mol. The molecular weight excluding hydrogens is 362 g/mol. The summed E-state index contributed by atoms with van der Waals surface area (Å²) in [6.45, 7) is 1.43. The quantitative estimate of drug-likeness (QED) is 0.221. The van der Waals surface area contributed by atoms with Gasteiger partial charge in [-0.2, -0.15) is 0 Å². The smallest absolute Gasteiger partial charge is 0.328 e. The van der Waals surface area contributed by atoms with Crippen molar-refractivity contribution in [2.75, 3.05) is 6.61 Å². The zero-order valence-electron chi connectivity index (χ0n) is 16.8. The first-order valence-electron chi connectivity index (χ1n) is 10.1. The van der Waals surface area contributed by atoms with E-state index >= 15 is 0 Å². The molecule has 0 heterocycles. The van der Waals surface area contributed by atoms with Crippen molar-refractivity contribution in [1.29, 1.82) is 0 Å². The fourth-order valence-corrected chi connectivity index (χ4v) is 2.54. The van der Waals surface area contributed by atoms with Gasteiger partial charge in [0.05, 0.1) is 6.61 Å². The van der Waals surface area contributed by atoms with Crippen LogP contribution in [0.4, 0.5) is 0 Å². The van der Waals surface area contributed by atoms with E-state index in [1.165, 1.54) is 0 Å². The molecule has 0 saturated carbocycles. The third-order valence-corrected chi connectivity index (χ3v) is 4.23. The van der Waals surface area contributed by atoms with Crippen LogP contribution in [0.1, 0.15) is 71.1 Å². The Morgan fingerprint density at radius 1 is 0.964 bits per heavy atom. The van der Waals surface area contributed by atoms with Crippen LogP contribution < -0.4 is 5.32 Å². The van der Waals surface area contributed by atoms with Crippen LogP contribution in [0.15, 0.2) is 24.3 Å². The molecule has 160 valence electrons. The molecule has 0 fully saturated rings. The van der Waals surface area contributed by atoms with Crippen molar-refractivity contribution in [1.82, 2.24) is 5.32 Å². The van der Waals surface area contributed by atoms with Gasteiger partial charge in [-0.1, -0.05) is 56.9 Å². The van der Waals surface area contributed by atoms with Crippen LogP contribution in [0.5, 0.6) is 0 Å². The van der Waals surface area contributed by atoms with Crippen molar-refractivity contribution in [2.24, 2.45) is 0 Å². The van der Waals surface area contributed by atoms with Crippen LogP contribution in [0.2, 0.25) is 0 Å². The van der Waals surface area contributed by atoms with E-state index in [-0.39, 0.29) is 24.5 Å². The highest BCUT2D eigenvalue weighted by atomic mass is 16.4. The van der Waals surface area contributed by atoms with Crippen molar-refractivity contribution in [3.05, 3.63) is 24.3 Å². The number of carboxylic acid groups (broad SMARTS) is 1. The third-order valence-electron chi connectivity index (χ3n) is 4.23. The summed E-state index contributed by atoms with van der Waals surface area (Å²) in [7, 11) is 0. The number of carboxylic acids is 1. The molecule has 7 heteroatoms. The van der Waals surface area contributed by atoms with E-state index in [0.717, 1.165) is 38.5 Å². The topological polar surface area (TPSA) is 124 Å². The number of carbonyl (C=O) groups is 3. The molecule has 1 unspecified atom stereocenters. The number of rotatable bonds is 17. The second-order valence-electron chi connectivity index (χ2n) is 6.72. The van der Waals surface area contributed by atoms with Gasteiger partial charge >= 0.3 is 5.97 Å². The van der Waals surface area contributed by atoms with Crippen LogP contribution >= 0.6 is 0 Å². The van der Waals surface area contributed by atoms with Gasteiger partial charge in [-0.15, -0.1) is 0 Å². The van der Waals surface area contributed by atoms with E-state index in [4.69, 9.17) is 10.2 Å². The summed E-state index contributed by atoms with van der Waals surface area (Å²) >= 11 is 0.